The highest BCUT2D eigenvalue weighted by Gasteiger charge is 1.79. The van der Waals surface area contributed by atoms with Gasteiger partial charge in [0.05, 0.1) is 6.61 Å². The van der Waals surface area contributed by atoms with Crippen LogP contribution in [0.2, 0.25) is 0 Å². The van der Waals surface area contributed by atoms with E-state index in [0.29, 0.717) is 0 Å². The Balaban J connectivity index is 3.12. The molecule has 0 spiro atoms. The maximum atomic E-state index is 8.45. The van der Waals surface area contributed by atoms with Crippen LogP contribution in [0.15, 0.2) is 37.0 Å². The van der Waals surface area contributed by atoms with E-state index >= 15 is 0 Å². The van der Waals surface area contributed by atoms with E-state index in [-0.39, 0.29) is 6.61 Å². The van der Waals surface area contributed by atoms with Crippen LogP contribution in [0, 0.1) is 0 Å². The Labute approximate surface area is 81.5 Å². The highest BCUT2D eigenvalue weighted by Crippen LogP contribution is 1.99. The van der Waals surface area contributed by atoms with Crippen LogP contribution in [-0.4, -0.2) is 11.7 Å². The molecule has 0 saturated carbocycles. The third-order valence-electron chi connectivity index (χ3n) is 1.72. The summed E-state index contributed by atoms with van der Waals surface area (Å²) in [4.78, 5) is 0. The minimum Gasteiger partial charge on any atom is -0.392 e. The molecular weight excluding hydrogens is 160 g/mol. The van der Waals surface area contributed by atoms with Crippen molar-refractivity contribution in [1.82, 2.24) is 0 Å². The topological polar surface area (TPSA) is 20.2 Å². The van der Waals surface area contributed by atoms with Crippen molar-refractivity contribution in [3.05, 3.63) is 37.0 Å². The van der Waals surface area contributed by atoms with Crippen LogP contribution in [0.25, 0.3) is 0 Å². The molecule has 0 aromatic carbocycles. The molecule has 0 radical (unpaired) electrons. The van der Waals surface area contributed by atoms with Gasteiger partial charge in [-0.15, -0.1) is 6.58 Å². The fourth-order valence-corrected chi connectivity index (χ4v) is 1.00. The summed E-state index contributed by atoms with van der Waals surface area (Å²) in [5, 5.41) is 8.45. The lowest BCUT2D eigenvalue weighted by molar-refractivity contribution is 0.342. The molecule has 0 aliphatic heterocycles. The number of unbranched alkanes of at least 4 members (excludes halogenated alkanes) is 3. The molecule has 0 fully saturated rings. The maximum Gasteiger partial charge on any atom is 0.0612 e. The Morgan fingerprint density at radius 1 is 0.846 bits per heavy atom. The molecular formula is C12H20O. The molecule has 13 heavy (non-hydrogen) atoms. The van der Waals surface area contributed by atoms with Crippen molar-refractivity contribution < 1.29 is 5.11 Å². The van der Waals surface area contributed by atoms with Gasteiger partial charge in [0.25, 0.3) is 0 Å². The summed E-state index contributed by atoms with van der Waals surface area (Å²) in [5.41, 5.74) is 0. The Bertz CT molecular complexity index is 157. The zero-order chi connectivity index (χ0) is 9.78. The number of aliphatic hydroxyl groups is 1. The smallest absolute Gasteiger partial charge is 0.0612 e. The van der Waals surface area contributed by atoms with Gasteiger partial charge in [0, 0.05) is 0 Å². The minimum atomic E-state index is 0.156. The van der Waals surface area contributed by atoms with Gasteiger partial charge in [-0.2, -0.15) is 0 Å². The summed E-state index contributed by atoms with van der Waals surface area (Å²) < 4.78 is 0. The van der Waals surface area contributed by atoms with Crippen LogP contribution < -0.4 is 0 Å². The van der Waals surface area contributed by atoms with Crippen LogP contribution in [0.4, 0.5) is 0 Å². The molecule has 0 aliphatic rings. The summed E-state index contributed by atoms with van der Waals surface area (Å²) in [6, 6.07) is 0. The first-order valence-corrected chi connectivity index (χ1v) is 4.93. The third kappa shape index (κ3) is 11.2. The lowest BCUT2D eigenvalue weighted by Gasteiger charge is -1.89. The molecule has 1 N–H and O–H groups in total. The summed E-state index contributed by atoms with van der Waals surface area (Å²) in [6.07, 6.45) is 15.7. The molecule has 0 heterocycles. The van der Waals surface area contributed by atoms with Crippen molar-refractivity contribution >= 4 is 0 Å². The quantitative estimate of drug-likeness (QED) is 0.449. The highest BCUT2D eigenvalue weighted by molar-refractivity contribution is 4.88. The second-order valence-corrected chi connectivity index (χ2v) is 2.92. The monoisotopic (exact) mass is 180 g/mol. The Morgan fingerprint density at radius 3 is 2.08 bits per heavy atom. The van der Waals surface area contributed by atoms with E-state index in [9.17, 15) is 0 Å². The molecule has 0 unspecified atom stereocenters. The van der Waals surface area contributed by atoms with Gasteiger partial charge in [0.1, 0.15) is 0 Å². The summed E-state index contributed by atoms with van der Waals surface area (Å²) >= 11 is 0. The van der Waals surface area contributed by atoms with Crippen LogP contribution >= 0.6 is 0 Å². The van der Waals surface area contributed by atoms with Gasteiger partial charge in [-0.25, -0.2) is 0 Å². The second-order valence-electron chi connectivity index (χ2n) is 2.92. The van der Waals surface area contributed by atoms with E-state index in [4.69, 9.17) is 5.11 Å². The highest BCUT2D eigenvalue weighted by atomic mass is 16.2. The number of aliphatic hydroxyl groups excluding tert-OH is 1. The zero-order valence-corrected chi connectivity index (χ0v) is 8.28. The molecule has 0 saturated heterocycles. The Kier molecular flexibility index (Phi) is 10.5. The third-order valence-corrected chi connectivity index (χ3v) is 1.72. The molecule has 0 aromatic heterocycles. The largest absolute Gasteiger partial charge is 0.392 e. The molecule has 0 amide bonds. The van der Waals surface area contributed by atoms with E-state index in [2.05, 4.69) is 18.7 Å². The molecule has 1 nitrogen and oxygen atoms in total. The molecule has 0 rings (SSSR count). The molecule has 0 atom stereocenters. The SMILES string of the molecule is C=CCCCC=CCCC=CCO. The van der Waals surface area contributed by atoms with Gasteiger partial charge in [-0.05, 0) is 32.1 Å². The number of hydrogen-bond acceptors (Lipinski definition) is 1. The lowest BCUT2D eigenvalue weighted by Crippen LogP contribution is -1.72. The first kappa shape index (κ1) is 12.2. The average molecular weight is 180 g/mol. The second kappa shape index (κ2) is 11.2. The normalized spacial score (nSPS) is 11.5. The average Bonchev–Trinajstić information content (AvgIpc) is 2.16. The summed E-state index contributed by atoms with van der Waals surface area (Å²) in [6.45, 7) is 3.83. The van der Waals surface area contributed by atoms with Gasteiger partial charge in [-0.3, -0.25) is 0 Å². The van der Waals surface area contributed by atoms with E-state index in [1.165, 1.54) is 6.42 Å². The molecule has 1 heteroatoms. The van der Waals surface area contributed by atoms with E-state index < -0.39 is 0 Å². The van der Waals surface area contributed by atoms with Crippen LogP contribution in [0.5, 0.6) is 0 Å². The number of hydrogen-bond donors (Lipinski definition) is 1. The Morgan fingerprint density at radius 2 is 1.46 bits per heavy atom. The van der Waals surface area contributed by atoms with Crippen LogP contribution in [0.3, 0.4) is 0 Å². The van der Waals surface area contributed by atoms with Crippen molar-refractivity contribution in [3.63, 3.8) is 0 Å². The minimum absolute atomic E-state index is 0.156. The van der Waals surface area contributed by atoms with Gasteiger partial charge in [0.15, 0.2) is 0 Å². The fraction of sp³-hybridized carbons (Fsp3) is 0.500. The van der Waals surface area contributed by atoms with Crippen LogP contribution in [0.1, 0.15) is 32.1 Å². The first-order valence-electron chi connectivity index (χ1n) is 4.93. The van der Waals surface area contributed by atoms with Gasteiger partial charge < -0.3 is 5.11 Å². The van der Waals surface area contributed by atoms with Gasteiger partial charge >= 0.3 is 0 Å². The Hall–Kier alpha value is -0.820. The predicted octanol–water partition coefficient (Wildman–Crippen LogP) is 3.23. The van der Waals surface area contributed by atoms with E-state index in [0.717, 1.165) is 25.7 Å². The van der Waals surface area contributed by atoms with E-state index in [1.54, 1.807) is 6.08 Å². The standard InChI is InChI=1S/C12H20O/c1-2-3-4-5-6-7-8-9-10-11-12-13/h2,6-7,10-11,13H,1,3-5,8-9,12H2. The number of allylic oxidation sites excluding steroid dienone is 4. The summed E-state index contributed by atoms with van der Waals surface area (Å²) in [5.74, 6) is 0. The first-order chi connectivity index (χ1) is 6.41. The van der Waals surface area contributed by atoms with Gasteiger partial charge in [0.2, 0.25) is 0 Å². The van der Waals surface area contributed by atoms with Crippen molar-refractivity contribution in [1.29, 1.82) is 0 Å². The fourth-order valence-electron chi connectivity index (χ4n) is 1.00. The molecule has 0 aromatic rings. The predicted molar refractivity (Wildman–Crippen MR) is 58.6 cm³/mol. The van der Waals surface area contributed by atoms with Crippen molar-refractivity contribution in [2.45, 2.75) is 32.1 Å². The van der Waals surface area contributed by atoms with Gasteiger partial charge in [-0.1, -0.05) is 30.4 Å². The number of rotatable bonds is 8. The maximum absolute atomic E-state index is 8.45. The van der Waals surface area contributed by atoms with Crippen molar-refractivity contribution in [3.8, 4) is 0 Å². The molecule has 0 aliphatic carbocycles. The van der Waals surface area contributed by atoms with Crippen molar-refractivity contribution in [2.75, 3.05) is 6.61 Å². The van der Waals surface area contributed by atoms with Crippen LogP contribution in [-0.2, 0) is 0 Å². The zero-order valence-electron chi connectivity index (χ0n) is 8.28. The van der Waals surface area contributed by atoms with E-state index in [1.807, 2.05) is 12.2 Å². The molecule has 0 bridgehead atoms. The molecule has 74 valence electrons. The summed E-state index contributed by atoms with van der Waals surface area (Å²) in [7, 11) is 0. The lowest BCUT2D eigenvalue weighted by atomic mass is 10.2. The van der Waals surface area contributed by atoms with Crippen molar-refractivity contribution in [2.24, 2.45) is 0 Å².